The van der Waals surface area contributed by atoms with E-state index in [9.17, 15) is 9.59 Å². The van der Waals surface area contributed by atoms with Crippen LogP contribution >= 0.6 is 0 Å². The highest BCUT2D eigenvalue weighted by Gasteiger charge is 2.16. The summed E-state index contributed by atoms with van der Waals surface area (Å²) >= 11 is 0. The lowest BCUT2D eigenvalue weighted by molar-refractivity contribution is -0.149. The number of carbonyl (C=O) groups excluding carboxylic acids is 2. The van der Waals surface area contributed by atoms with E-state index in [0.717, 1.165) is 6.42 Å². The van der Waals surface area contributed by atoms with E-state index in [0.29, 0.717) is 37.7 Å². The summed E-state index contributed by atoms with van der Waals surface area (Å²) in [4.78, 5) is 23.3. The molecule has 1 atom stereocenters. The molecule has 4 heteroatoms. The van der Waals surface area contributed by atoms with Crippen LogP contribution in [0.4, 0.5) is 0 Å². The van der Waals surface area contributed by atoms with E-state index in [1.807, 2.05) is 6.92 Å². The summed E-state index contributed by atoms with van der Waals surface area (Å²) in [6.45, 7) is 6.67. The van der Waals surface area contributed by atoms with Crippen molar-refractivity contribution >= 4 is 11.9 Å². The quantitative estimate of drug-likeness (QED) is 0.597. The molecule has 1 unspecified atom stereocenters. The average molecular weight is 312 g/mol. The van der Waals surface area contributed by atoms with Crippen molar-refractivity contribution in [3.63, 3.8) is 0 Å². The topological polar surface area (TPSA) is 52.6 Å². The van der Waals surface area contributed by atoms with Crippen molar-refractivity contribution in [2.24, 2.45) is 11.8 Å². The zero-order valence-corrected chi connectivity index (χ0v) is 14.4. The van der Waals surface area contributed by atoms with Crippen molar-refractivity contribution in [1.82, 2.24) is 0 Å². The minimum atomic E-state index is -0.215. The Kier molecular flexibility index (Phi) is 9.17. The smallest absolute Gasteiger partial charge is 0.306 e. The molecule has 1 aliphatic carbocycles. The van der Waals surface area contributed by atoms with Crippen LogP contribution < -0.4 is 0 Å². The molecule has 22 heavy (non-hydrogen) atoms. The third kappa shape index (κ3) is 9.06. The molecule has 0 saturated heterocycles. The van der Waals surface area contributed by atoms with E-state index in [4.69, 9.17) is 9.47 Å². The van der Waals surface area contributed by atoms with Crippen LogP contribution in [0.1, 0.15) is 78.6 Å². The van der Waals surface area contributed by atoms with Gasteiger partial charge in [-0.25, -0.2) is 0 Å². The van der Waals surface area contributed by atoms with Gasteiger partial charge in [0.25, 0.3) is 0 Å². The van der Waals surface area contributed by atoms with Gasteiger partial charge < -0.3 is 9.47 Å². The third-order valence-electron chi connectivity index (χ3n) is 4.10. The molecule has 1 rings (SSSR count). The van der Waals surface area contributed by atoms with Crippen LogP contribution in [-0.2, 0) is 19.1 Å². The van der Waals surface area contributed by atoms with E-state index in [1.54, 1.807) is 0 Å². The lowest BCUT2D eigenvalue weighted by atomic mass is 9.90. The van der Waals surface area contributed by atoms with Crippen molar-refractivity contribution in [2.45, 2.75) is 84.7 Å². The molecular formula is C18H32O4. The van der Waals surface area contributed by atoms with Crippen LogP contribution in [0.15, 0.2) is 0 Å². The summed E-state index contributed by atoms with van der Waals surface area (Å²) in [6, 6.07) is 0. The van der Waals surface area contributed by atoms with Crippen molar-refractivity contribution < 1.29 is 19.1 Å². The monoisotopic (exact) mass is 312 g/mol. The Morgan fingerprint density at radius 2 is 1.64 bits per heavy atom. The molecule has 0 radical (unpaired) electrons. The van der Waals surface area contributed by atoms with Gasteiger partial charge in [0.1, 0.15) is 0 Å². The normalized spacial score (nSPS) is 17.3. The van der Waals surface area contributed by atoms with Gasteiger partial charge in [-0.05, 0) is 44.4 Å². The van der Waals surface area contributed by atoms with Crippen LogP contribution in [0.2, 0.25) is 0 Å². The second kappa shape index (κ2) is 10.6. The number of esters is 2. The summed E-state index contributed by atoms with van der Waals surface area (Å²) < 4.78 is 10.6. The Balaban J connectivity index is 2.04. The van der Waals surface area contributed by atoms with Gasteiger partial charge in [-0.3, -0.25) is 9.59 Å². The first kappa shape index (κ1) is 19.0. The van der Waals surface area contributed by atoms with Crippen molar-refractivity contribution in [3.05, 3.63) is 0 Å². The minimum Gasteiger partial charge on any atom is -0.465 e. The first-order valence-corrected chi connectivity index (χ1v) is 8.82. The molecule has 0 aromatic heterocycles. The maximum atomic E-state index is 11.7. The Hall–Kier alpha value is -1.06. The fourth-order valence-corrected chi connectivity index (χ4v) is 3.01. The predicted molar refractivity (Wildman–Crippen MR) is 86.4 cm³/mol. The predicted octanol–water partition coefficient (Wildman–Crippen LogP) is 4.26. The SMILES string of the molecule is CC(C)CC(C)OC(=O)CCCC(=O)OCC1CCCCC1. The number of carbonyl (C=O) groups is 2. The van der Waals surface area contributed by atoms with Gasteiger partial charge >= 0.3 is 11.9 Å². The Labute approximate surface area is 134 Å². The molecule has 0 spiro atoms. The van der Waals surface area contributed by atoms with Crippen LogP contribution in [-0.4, -0.2) is 24.6 Å². The highest BCUT2D eigenvalue weighted by molar-refractivity contribution is 5.72. The summed E-state index contributed by atoms with van der Waals surface area (Å²) in [5.74, 6) is 0.652. The third-order valence-corrected chi connectivity index (χ3v) is 4.10. The number of ether oxygens (including phenoxy) is 2. The van der Waals surface area contributed by atoms with E-state index in [-0.39, 0.29) is 18.0 Å². The van der Waals surface area contributed by atoms with Crippen molar-refractivity contribution in [3.8, 4) is 0 Å². The van der Waals surface area contributed by atoms with Crippen LogP contribution in [0.5, 0.6) is 0 Å². The van der Waals surface area contributed by atoms with Gasteiger partial charge in [-0.1, -0.05) is 33.1 Å². The molecule has 128 valence electrons. The molecule has 0 bridgehead atoms. The van der Waals surface area contributed by atoms with Gasteiger partial charge in [0.05, 0.1) is 12.7 Å². The first-order valence-electron chi connectivity index (χ1n) is 8.82. The number of hydrogen-bond donors (Lipinski definition) is 0. The van der Waals surface area contributed by atoms with E-state index in [2.05, 4.69) is 13.8 Å². The molecule has 1 aliphatic rings. The van der Waals surface area contributed by atoms with E-state index >= 15 is 0 Å². The lowest BCUT2D eigenvalue weighted by Crippen LogP contribution is -2.18. The summed E-state index contributed by atoms with van der Waals surface area (Å²) in [5, 5.41) is 0. The largest absolute Gasteiger partial charge is 0.465 e. The fraction of sp³-hybridized carbons (Fsp3) is 0.889. The minimum absolute atomic E-state index is 0.0502. The van der Waals surface area contributed by atoms with Crippen molar-refractivity contribution in [1.29, 1.82) is 0 Å². The van der Waals surface area contributed by atoms with Gasteiger partial charge in [-0.2, -0.15) is 0 Å². The van der Waals surface area contributed by atoms with Gasteiger partial charge in [0, 0.05) is 12.8 Å². The molecule has 0 amide bonds. The second-order valence-electron chi connectivity index (χ2n) is 6.97. The standard InChI is InChI=1S/C18H32O4/c1-14(2)12-15(3)22-18(20)11-7-10-17(19)21-13-16-8-5-4-6-9-16/h14-16H,4-13H2,1-3H3. The van der Waals surface area contributed by atoms with Gasteiger partial charge in [0.15, 0.2) is 0 Å². The molecule has 0 aromatic rings. The summed E-state index contributed by atoms with van der Waals surface area (Å²) in [6.07, 6.45) is 8.09. The Morgan fingerprint density at radius 1 is 1.00 bits per heavy atom. The average Bonchev–Trinajstić information content (AvgIpc) is 2.45. The number of rotatable bonds is 9. The highest BCUT2D eigenvalue weighted by Crippen LogP contribution is 2.23. The maximum absolute atomic E-state index is 11.7. The lowest BCUT2D eigenvalue weighted by Gasteiger charge is -2.21. The summed E-state index contributed by atoms with van der Waals surface area (Å²) in [5.41, 5.74) is 0. The maximum Gasteiger partial charge on any atom is 0.306 e. The van der Waals surface area contributed by atoms with E-state index < -0.39 is 0 Å². The zero-order valence-electron chi connectivity index (χ0n) is 14.4. The van der Waals surface area contributed by atoms with Crippen LogP contribution in [0.25, 0.3) is 0 Å². The Morgan fingerprint density at radius 3 is 2.27 bits per heavy atom. The molecule has 0 aliphatic heterocycles. The summed E-state index contributed by atoms with van der Waals surface area (Å²) in [7, 11) is 0. The molecule has 4 nitrogen and oxygen atoms in total. The molecule has 1 saturated carbocycles. The molecule has 0 heterocycles. The van der Waals surface area contributed by atoms with E-state index in [1.165, 1.54) is 32.1 Å². The van der Waals surface area contributed by atoms with Gasteiger partial charge in [0.2, 0.25) is 0 Å². The van der Waals surface area contributed by atoms with Crippen molar-refractivity contribution in [2.75, 3.05) is 6.61 Å². The molecule has 1 fully saturated rings. The zero-order chi connectivity index (χ0) is 16.4. The van der Waals surface area contributed by atoms with Crippen LogP contribution in [0.3, 0.4) is 0 Å². The van der Waals surface area contributed by atoms with Crippen LogP contribution in [0, 0.1) is 11.8 Å². The van der Waals surface area contributed by atoms with Gasteiger partial charge in [-0.15, -0.1) is 0 Å². The molecular weight excluding hydrogens is 280 g/mol. The highest BCUT2D eigenvalue weighted by atomic mass is 16.5. The fourth-order valence-electron chi connectivity index (χ4n) is 3.01. The molecule has 0 N–H and O–H groups in total. The first-order chi connectivity index (χ1) is 10.5. The number of hydrogen-bond acceptors (Lipinski definition) is 4. The second-order valence-corrected chi connectivity index (χ2v) is 6.97. The molecule has 0 aromatic carbocycles. The Bertz CT molecular complexity index is 332.